The van der Waals surface area contributed by atoms with Gasteiger partial charge in [0.2, 0.25) is 5.65 Å². The molecule has 0 unspecified atom stereocenters. The molecule has 0 spiro atoms. The van der Waals surface area contributed by atoms with Gasteiger partial charge >= 0.3 is 0 Å². The minimum Gasteiger partial charge on any atom is -0.422 e. The van der Waals surface area contributed by atoms with Gasteiger partial charge in [-0.25, -0.2) is 4.98 Å². The van der Waals surface area contributed by atoms with Crippen LogP contribution in [0, 0.1) is 0 Å². The highest BCUT2D eigenvalue weighted by Gasteiger charge is 2.14. The molecule has 0 amide bonds. The number of hydrogen-bond acceptors (Lipinski definition) is 6. The Hall–Kier alpha value is -1.66. The first-order chi connectivity index (χ1) is 10.3. The molecule has 6 heteroatoms. The first kappa shape index (κ1) is 14.3. The van der Waals surface area contributed by atoms with Crippen molar-refractivity contribution >= 4 is 17.2 Å². The molecule has 1 aliphatic heterocycles. The van der Waals surface area contributed by atoms with Gasteiger partial charge in [-0.05, 0) is 25.5 Å². The van der Waals surface area contributed by atoms with E-state index in [9.17, 15) is 0 Å². The molecular weight excluding hydrogens is 266 g/mol. The molecule has 1 aliphatic rings. The van der Waals surface area contributed by atoms with Crippen LogP contribution in [0.4, 0.5) is 6.01 Å². The number of nitrogens with one attached hydrogen (secondary N) is 1. The Morgan fingerprint density at radius 3 is 2.76 bits per heavy atom. The second-order valence-corrected chi connectivity index (χ2v) is 5.36. The summed E-state index contributed by atoms with van der Waals surface area (Å²) in [5.74, 6) is 0. The maximum atomic E-state index is 5.86. The average Bonchev–Trinajstić information content (AvgIpc) is 2.92. The Kier molecular flexibility index (Phi) is 4.36. The molecule has 0 aromatic carbocycles. The van der Waals surface area contributed by atoms with Crippen LogP contribution in [-0.4, -0.2) is 54.1 Å². The van der Waals surface area contributed by atoms with E-state index in [0.717, 1.165) is 51.4 Å². The van der Waals surface area contributed by atoms with Crippen molar-refractivity contribution in [3.8, 4) is 0 Å². The molecular formula is C15H23N5O. The van der Waals surface area contributed by atoms with Crippen LogP contribution < -0.4 is 10.2 Å². The maximum Gasteiger partial charge on any atom is 0.299 e. The van der Waals surface area contributed by atoms with E-state index in [2.05, 4.69) is 45.0 Å². The Balaban J connectivity index is 1.79. The number of rotatable bonds is 5. The summed E-state index contributed by atoms with van der Waals surface area (Å²) < 4.78 is 5.86. The molecule has 3 heterocycles. The largest absolute Gasteiger partial charge is 0.422 e. The number of aromatic nitrogens is 2. The van der Waals surface area contributed by atoms with Crippen LogP contribution in [-0.2, 0) is 6.54 Å². The number of nitrogens with zero attached hydrogens (tertiary/aromatic N) is 4. The van der Waals surface area contributed by atoms with Crippen molar-refractivity contribution in [1.82, 2.24) is 20.2 Å². The van der Waals surface area contributed by atoms with Crippen LogP contribution in [0.2, 0.25) is 0 Å². The number of oxazole rings is 1. The van der Waals surface area contributed by atoms with E-state index in [-0.39, 0.29) is 0 Å². The number of piperazine rings is 1. The van der Waals surface area contributed by atoms with Gasteiger partial charge in [0.25, 0.3) is 6.01 Å². The molecule has 0 atom stereocenters. The quantitative estimate of drug-likeness (QED) is 0.899. The zero-order valence-corrected chi connectivity index (χ0v) is 12.8. The smallest absolute Gasteiger partial charge is 0.299 e. The first-order valence-electron chi connectivity index (χ1n) is 7.73. The van der Waals surface area contributed by atoms with Crippen molar-refractivity contribution in [2.24, 2.45) is 0 Å². The van der Waals surface area contributed by atoms with Crippen LogP contribution in [0.3, 0.4) is 0 Å². The summed E-state index contributed by atoms with van der Waals surface area (Å²) in [5.41, 5.74) is 2.66. The number of anilines is 1. The summed E-state index contributed by atoms with van der Waals surface area (Å²) in [6, 6.07) is 2.74. The van der Waals surface area contributed by atoms with E-state index in [1.54, 1.807) is 0 Å². The summed E-state index contributed by atoms with van der Waals surface area (Å²) >= 11 is 0. The van der Waals surface area contributed by atoms with E-state index in [4.69, 9.17) is 4.42 Å². The van der Waals surface area contributed by atoms with Gasteiger partial charge in [0.1, 0.15) is 0 Å². The maximum absolute atomic E-state index is 5.86. The molecule has 0 aliphatic carbocycles. The van der Waals surface area contributed by atoms with Gasteiger partial charge in [-0.15, -0.1) is 0 Å². The van der Waals surface area contributed by atoms with Gasteiger partial charge in [0.05, 0.1) is 0 Å². The molecule has 0 radical (unpaired) electrons. The highest BCUT2D eigenvalue weighted by Crippen LogP contribution is 2.21. The fourth-order valence-corrected chi connectivity index (χ4v) is 2.69. The molecule has 0 bridgehead atoms. The lowest BCUT2D eigenvalue weighted by molar-refractivity contribution is 0.233. The highest BCUT2D eigenvalue weighted by atomic mass is 16.4. The Labute approximate surface area is 125 Å². The number of hydrogen-bond donors (Lipinski definition) is 1. The lowest BCUT2D eigenvalue weighted by atomic mass is 10.2. The predicted molar refractivity (Wildman–Crippen MR) is 83.5 cm³/mol. The van der Waals surface area contributed by atoms with Gasteiger partial charge < -0.3 is 14.6 Å². The molecule has 114 valence electrons. The topological polar surface area (TPSA) is 57.4 Å². The first-order valence-corrected chi connectivity index (χ1v) is 7.73. The third kappa shape index (κ3) is 3.16. The number of fused-ring (bicyclic) bond motifs is 1. The third-order valence-electron chi connectivity index (χ3n) is 3.94. The van der Waals surface area contributed by atoms with Crippen molar-refractivity contribution in [2.75, 3.05) is 44.2 Å². The van der Waals surface area contributed by atoms with E-state index >= 15 is 0 Å². The highest BCUT2D eigenvalue weighted by molar-refractivity contribution is 5.70. The monoisotopic (exact) mass is 289 g/mol. The van der Waals surface area contributed by atoms with Crippen LogP contribution in [0.15, 0.2) is 16.7 Å². The van der Waals surface area contributed by atoms with E-state index in [1.807, 2.05) is 6.20 Å². The Bertz CT molecular complexity index is 587. The van der Waals surface area contributed by atoms with Crippen molar-refractivity contribution in [3.05, 3.63) is 17.8 Å². The zero-order valence-electron chi connectivity index (χ0n) is 12.8. The van der Waals surface area contributed by atoms with E-state index < -0.39 is 0 Å². The molecule has 1 saturated heterocycles. The minimum atomic E-state index is 0.668. The van der Waals surface area contributed by atoms with Gasteiger partial charge in [-0.1, -0.05) is 0 Å². The van der Waals surface area contributed by atoms with Crippen molar-refractivity contribution < 1.29 is 4.42 Å². The summed E-state index contributed by atoms with van der Waals surface area (Å²) in [6.07, 6.45) is 1.92. The minimum absolute atomic E-state index is 0.668. The fraction of sp³-hybridized carbons (Fsp3) is 0.600. The number of pyridine rings is 1. The fourth-order valence-electron chi connectivity index (χ4n) is 2.69. The molecule has 2 aromatic heterocycles. The van der Waals surface area contributed by atoms with Crippen LogP contribution >= 0.6 is 0 Å². The SMILES string of the molecule is CCN(CC)c1nc2ncc(CN3CCNCC3)cc2o1. The molecule has 21 heavy (non-hydrogen) atoms. The van der Waals surface area contributed by atoms with Gasteiger partial charge in [-0.3, -0.25) is 4.90 Å². The summed E-state index contributed by atoms with van der Waals surface area (Å²) in [5, 5.41) is 3.37. The van der Waals surface area contributed by atoms with Crippen molar-refractivity contribution in [1.29, 1.82) is 0 Å². The van der Waals surface area contributed by atoms with Crippen LogP contribution in [0.1, 0.15) is 19.4 Å². The predicted octanol–water partition coefficient (Wildman–Crippen LogP) is 1.47. The molecule has 1 fully saturated rings. The standard InChI is InChI=1S/C15H23N5O/c1-3-20(4-2)15-18-14-13(21-15)9-12(10-17-14)11-19-7-5-16-6-8-19/h9-10,16H,3-8,11H2,1-2H3. The normalized spacial score (nSPS) is 16.5. The van der Waals surface area contributed by atoms with E-state index in [1.165, 1.54) is 5.56 Å². The van der Waals surface area contributed by atoms with Crippen molar-refractivity contribution in [2.45, 2.75) is 20.4 Å². The zero-order chi connectivity index (χ0) is 14.7. The van der Waals surface area contributed by atoms with E-state index in [0.29, 0.717) is 11.7 Å². The molecule has 0 saturated carbocycles. The molecule has 3 rings (SSSR count). The summed E-state index contributed by atoms with van der Waals surface area (Å²) in [4.78, 5) is 13.4. The van der Waals surface area contributed by atoms with Gasteiger partial charge in [0.15, 0.2) is 5.58 Å². The summed E-state index contributed by atoms with van der Waals surface area (Å²) in [7, 11) is 0. The second-order valence-electron chi connectivity index (χ2n) is 5.36. The van der Waals surface area contributed by atoms with Crippen molar-refractivity contribution in [3.63, 3.8) is 0 Å². The Morgan fingerprint density at radius 1 is 1.29 bits per heavy atom. The average molecular weight is 289 g/mol. The van der Waals surface area contributed by atoms with Crippen LogP contribution in [0.5, 0.6) is 0 Å². The lowest BCUT2D eigenvalue weighted by Crippen LogP contribution is -2.42. The second kappa shape index (κ2) is 6.41. The lowest BCUT2D eigenvalue weighted by Gasteiger charge is -2.26. The summed E-state index contributed by atoms with van der Waals surface area (Å²) in [6.45, 7) is 11.2. The Morgan fingerprint density at radius 2 is 2.05 bits per heavy atom. The molecule has 1 N–H and O–H groups in total. The van der Waals surface area contributed by atoms with Crippen LogP contribution in [0.25, 0.3) is 11.2 Å². The van der Waals surface area contributed by atoms with Gasteiger partial charge in [-0.2, -0.15) is 4.98 Å². The third-order valence-corrected chi connectivity index (χ3v) is 3.94. The molecule has 2 aromatic rings. The van der Waals surface area contributed by atoms with Gasteiger partial charge in [0, 0.05) is 52.0 Å². The molecule has 6 nitrogen and oxygen atoms in total.